The molecule has 0 aromatic heterocycles. The molecule has 1 aromatic carbocycles. The molecular weight excluding hydrogens is 288 g/mol. The fourth-order valence-corrected chi connectivity index (χ4v) is 4.35. The zero-order valence-electron chi connectivity index (χ0n) is 18.8. The molecule has 0 nitrogen and oxygen atoms in total. The Hall–Kier alpha value is -1.30. The van der Waals surface area contributed by atoms with E-state index in [0.717, 1.165) is 38.5 Å². The summed E-state index contributed by atoms with van der Waals surface area (Å²) in [6.07, 6.45) is 7.89. The molecule has 24 heavy (non-hydrogen) atoms. The molecule has 0 unspecified atom stereocenters. The maximum Gasteiger partial charge on any atom is 0.0273 e. The number of benzene rings is 1. The molecule has 2 aliphatic rings. The van der Waals surface area contributed by atoms with Crippen LogP contribution >= 0.6 is 0 Å². The van der Waals surface area contributed by atoms with Crippen molar-refractivity contribution in [1.29, 1.82) is 0 Å². The van der Waals surface area contributed by atoms with E-state index in [2.05, 4.69) is 37.4 Å². The van der Waals surface area contributed by atoms with Gasteiger partial charge in [-0.1, -0.05) is 36.4 Å². The van der Waals surface area contributed by atoms with E-state index >= 15 is 0 Å². The minimum absolute atomic E-state index is 0.142. The Bertz CT molecular complexity index is 650. The van der Waals surface area contributed by atoms with E-state index in [9.17, 15) is 0 Å². The average Bonchev–Trinajstić information content (AvgIpc) is 2.65. The van der Waals surface area contributed by atoms with Crippen LogP contribution in [0.2, 0.25) is 0 Å². The molecule has 0 heteroatoms. The van der Waals surface area contributed by atoms with E-state index < -0.39 is 18.7 Å². The molecule has 130 valence electrons. The highest BCUT2D eigenvalue weighted by molar-refractivity contribution is 5.26. The van der Waals surface area contributed by atoms with Crippen molar-refractivity contribution in [2.24, 2.45) is 17.8 Å². The summed E-state index contributed by atoms with van der Waals surface area (Å²) >= 11 is 0. The lowest BCUT2D eigenvalue weighted by molar-refractivity contribution is 0.171. The van der Waals surface area contributed by atoms with Crippen LogP contribution in [0.25, 0.3) is 0 Å². The Labute approximate surface area is 154 Å². The quantitative estimate of drug-likeness (QED) is 0.490. The minimum Gasteiger partial charge on any atom is -0.103 e. The van der Waals surface area contributed by atoms with Crippen molar-refractivity contribution >= 4 is 0 Å². The van der Waals surface area contributed by atoms with Crippen LogP contribution in [-0.2, 0) is 6.42 Å². The number of rotatable bonds is 6. The first kappa shape index (κ1) is 13.0. The molecule has 0 atom stereocenters. The fourth-order valence-electron chi connectivity index (χ4n) is 4.35. The highest BCUT2D eigenvalue weighted by Crippen LogP contribution is 2.44. The van der Waals surface area contributed by atoms with E-state index in [1.807, 2.05) is 6.08 Å². The molecule has 0 aliphatic heterocycles. The standard InChI is InChI=1S/C24H34/c1-3-5-6-20-9-13-22(14-10-20)24-17-15-23(16-18-24)21-11-7-19(4-2)8-12-21/h3-4,9-10,13-14,19,21,23-24H,1-2,5-8,11-12,15-18H2/i7D2,8D2. The Morgan fingerprint density at radius 1 is 0.917 bits per heavy atom. The lowest BCUT2D eigenvalue weighted by atomic mass is 9.68. The van der Waals surface area contributed by atoms with E-state index in [4.69, 9.17) is 5.48 Å². The van der Waals surface area contributed by atoms with Gasteiger partial charge in [-0.25, -0.2) is 0 Å². The van der Waals surface area contributed by atoms with Gasteiger partial charge in [-0.2, -0.15) is 0 Å². The van der Waals surface area contributed by atoms with E-state index in [-0.39, 0.29) is 5.92 Å². The molecule has 3 rings (SSSR count). The van der Waals surface area contributed by atoms with Crippen molar-refractivity contribution in [3.05, 3.63) is 60.7 Å². The number of hydrogen-bond acceptors (Lipinski definition) is 0. The lowest BCUT2D eigenvalue weighted by Crippen LogP contribution is -2.25. The smallest absolute Gasteiger partial charge is 0.0273 e. The first-order valence-electron chi connectivity index (χ1n) is 11.6. The summed E-state index contributed by atoms with van der Waals surface area (Å²) in [5.74, 6) is 0.470. The van der Waals surface area contributed by atoms with E-state index in [0.29, 0.717) is 24.7 Å². The van der Waals surface area contributed by atoms with Crippen LogP contribution in [0.4, 0.5) is 0 Å². The molecular formula is C24H34. The predicted octanol–water partition coefficient (Wildman–Crippen LogP) is 7.07. The SMILES string of the molecule is [2H]C1([2H])CC(C2CCC(c3ccc(CCC=C)cc3)CC2)CC([2H])([2H])C1C=C. The number of allylic oxidation sites excluding steroid dienone is 2. The highest BCUT2D eigenvalue weighted by atomic mass is 14.4. The third-order valence-corrected chi connectivity index (χ3v) is 5.96. The summed E-state index contributed by atoms with van der Waals surface area (Å²) in [6, 6.07) is 9.03. The maximum atomic E-state index is 8.38. The second kappa shape index (κ2) is 8.70. The minimum atomic E-state index is -1.49. The molecule has 0 saturated heterocycles. The highest BCUT2D eigenvalue weighted by Gasteiger charge is 2.30. The second-order valence-electron chi connectivity index (χ2n) is 7.47. The van der Waals surface area contributed by atoms with Gasteiger partial charge in [0, 0.05) is 5.48 Å². The summed E-state index contributed by atoms with van der Waals surface area (Å²) in [5, 5.41) is 0. The van der Waals surface area contributed by atoms with Crippen LogP contribution in [-0.4, -0.2) is 0 Å². The first-order chi connectivity index (χ1) is 13.3. The van der Waals surface area contributed by atoms with Crippen molar-refractivity contribution in [1.82, 2.24) is 0 Å². The monoisotopic (exact) mass is 326 g/mol. The summed E-state index contributed by atoms with van der Waals surface area (Å²) < 4.78 is 33.5. The van der Waals surface area contributed by atoms with Crippen LogP contribution < -0.4 is 0 Å². The van der Waals surface area contributed by atoms with Gasteiger partial charge in [-0.3, -0.25) is 0 Å². The Kier molecular flexibility index (Phi) is 4.70. The summed E-state index contributed by atoms with van der Waals surface area (Å²) in [6.45, 7) is 7.48. The second-order valence-corrected chi connectivity index (χ2v) is 7.47. The largest absolute Gasteiger partial charge is 0.103 e. The molecule has 0 bridgehead atoms. The van der Waals surface area contributed by atoms with Gasteiger partial charge >= 0.3 is 0 Å². The van der Waals surface area contributed by atoms with Gasteiger partial charge in [0.2, 0.25) is 0 Å². The zero-order valence-corrected chi connectivity index (χ0v) is 14.8. The topological polar surface area (TPSA) is 0 Å². The predicted molar refractivity (Wildman–Crippen MR) is 105 cm³/mol. The average molecular weight is 327 g/mol. The maximum absolute atomic E-state index is 8.38. The molecule has 0 amide bonds. The number of hydrogen-bond donors (Lipinski definition) is 0. The van der Waals surface area contributed by atoms with Crippen molar-refractivity contribution in [3.63, 3.8) is 0 Å². The zero-order chi connectivity index (χ0) is 20.4. The van der Waals surface area contributed by atoms with Crippen molar-refractivity contribution in [2.75, 3.05) is 0 Å². The Morgan fingerprint density at radius 2 is 1.54 bits per heavy atom. The fraction of sp³-hybridized carbons (Fsp3) is 0.583. The number of aryl methyl sites for hydroxylation is 1. The van der Waals surface area contributed by atoms with Gasteiger partial charge in [0.25, 0.3) is 0 Å². The molecule has 2 fully saturated rings. The third kappa shape index (κ3) is 4.41. The summed E-state index contributed by atoms with van der Waals surface area (Å²) in [4.78, 5) is 0. The first-order valence-corrected chi connectivity index (χ1v) is 9.59. The lowest BCUT2D eigenvalue weighted by Gasteiger charge is -2.37. The molecule has 2 aliphatic carbocycles. The van der Waals surface area contributed by atoms with Gasteiger partial charge in [0.15, 0.2) is 0 Å². The van der Waals surface area contributed by atoms with Crippen LogP contribution in [0, 0.1) is 17.8 Å². The third-order valence-electron chi connectivity index (χ3n) is 5.96. The van der Waals surface area contributed by atoms with E-state index in [1.54, 1.807) is 0 Å². The van der Waals surface area contributed by atoms with E-state index in [1.165, 1.54) is 17.2 Å². The Balaban J connectivity index is 1.59. The van der Waals surface area contributed by atoms with Crippen LogP contribution in [0.1, 0.15) is 80.2 Å². The summed E-state index contributed by atoms with van der Waals surface area (Å²) in [5.41, 5.74) is 2.78. The van der Waals surface area contributed by atoms with Crippen LogP contribution in [0.3, 0.4) is 0 Å². The van der Waals surface area contributed by atoms with Crippen molar-refractivity contribution in [3.8, 4) is 0 Å². The molecule has 2 saturated carbocycles. The normalized spacial score (nSPS) is 37.3. The molecule has 0 spiro atoms. The molecule has 0 heterocycles. The van der Waals surface area contributed by atoms with Gasteiger partial charge in [-0.05, 0) is 98.9 Å². The van der Waals surface area contributed by atoms with Crippen LogP contribution in [0.15, 0.2) is 49.6 Å². The molecule has 0 radical (unpaired) electrons. The summed E-state index contributed by atoms with van der Waals surface area (Å²) in [7, 11) is 0. The van der Waals surface area contributed by atoms with Gasteiger partial charge in [0.05, 0.1) is 0 Å². The van der Waals surface area contributed by atoms with Crippen molar-refractivity contribution < 1.29 is 5.48 Å². The molecule has 1 aromatic rings. The molecule has 0 N–H and O–H groups in total. The Morgan fingerprint density at radius 3 is 2.12 bits per heavy atom. The van der Waals surface area contributed by atoms with Crippen molar-refractivity contribution in [2.45, 2.75) is 70.0 Å². The van der Waals surface area contributed by atoms with Crippen LogP contribution in [0.5, 0.6) is 0 Å². The van der Waals surface area contributed by atoms with Gasteiger partial charge < -0.3 is 0 Å². The van der Waals surface area contributed by atoms with Gasteiger partial charge in [-0.15, -0.1) is 13.2 Å². The van der Waals surface area contributed by atoms with Gasteiger partial charge in [0.1, 0.15) is 0 Å².